The quantitative estimate of drug-likeness (QED) is 0.641. The summed E-state index contributed by atoms with van der Waals surface area (Å²) in [6.45, 7) is 1.18. The minimum atomic E-state index is 0.606. The Kier molecular flexibility index (Phi) is 1.70. The molecule has 2 nitrogen and oxygen atoms in total. The number of hydrogen-bond donors (Lipinski definition) is 1. The van der Waals surface area contributed by atoms with Crippen LogP contribution in [0.15, 0.2) is 18.3 Å². The van der Waals surface area contributed by atoms with Gasteiger partial charge in [-0.3, -0.25) is 0 Å². The molecule has 1 aromatic rings. The molecule has 2 heteroatoms. The van der Waals surface area contributed by atoms with Crippen molar-refractivity contribution in [3.8, 4) is 0 Å². The largest absolute Gasteiger partial charge is 0.353 e. The molecule has 11 heavy (non-hydrogen) atoms. The van der Waals surface area contributed by atoms with Gasteiger partial charge in [-0.15, -0.1) is 0 Å². The van der Waals surface area contributed by atoms with Crippen molar-refractivity contribution in [2.45, 2.75) is 18.9 Å². The van der Waals surface area contributed by atoms with Crippen molar-refractivity contribution in [2.75, 3.05) is 6.54 Å². The van der Waals surface area contributed by atoms with Crippen LogP contribution in [0.4, 0.5) is 0 Å². The summed E-state index contributed by atoms with van der Waals surface area (Å²) < 4.78 is 2.20. The third-order valence-corrected chi connectivity index (χ3v) is 2.40. The van der Waals surface area contributed by atoms with Crippen LogP contribution in [0.25, 0.3) is 0 Å². The first kappa shape index (κ1) is 6.92. The predicted octanol–water partition coefficient (Wildman–Crippen LogP) is 1.45. The maximum Gasteiger partial charge on any atom is 0.0475 e. The Labute approximate surface area is 67.2 Å². The van der Waals surface area contributed by atoms with Crippen molar-refractivity contribution in [2.24, 2.45) is 7.05 Å². The van der Waals surface area contributed by atoms with E-state index in [2.05, 4.69) is 35.3 Å². The lowest BCUT2D eigenvalue weighted by Gasteiger charge is -2.10. The fraction of sp³-hybridized carbons (Fsp3) is 0.556. The van der Waals surface area contributed by atoms with E-state index in [-0.39, 0.29) is 0 Å². The number of aryl methyl sites for hydroxylation is 1. The highest BCUT2D eigenvalue weighted by atomic mass is 15.0. The Balaban J connectivity index is 2.21. The molecule has 1 aliphatic heterocycles. The highest BCUT2D eigenvalue weighted by Gasteiger charge is 2.17. The van der Waals surface area contributed by atoms with Crippen molar-refractivity contribution in [3.63, 3.8) is 0 Å². The third-order valence-electron chi connectivity index (χ3n) is 2.40. The highest BCUT2D eigenvalue weighted by molar-refractivity contribution is 5.12. The van der Waals surface area contributed by atoms with Crippen LogP contribution >= 0.6 is 0 Å². The molecule has 2 heterocycles. The van der Waals surface area contributed by atoms with Crippen LogP contribution in [0.5, 0.6) is 0 Å². The normalized spacial score (nSPS) is 24.3. The first-order valence-corrected chi connectivity index (χ1v) is 4.22. The van der Waals surface area contributed by atoms with Gasteiger partial charge in [0.05, 0.1) is 0 Å². The van der Waals surface area contributed by atoms with Gasteiger partial charge >= 0.3 is 0 Å². The van der Waals surface area contributed by atoms with Gasteiger partial charge in [-0.25, -0.2) is 0 Å². The van der Waals surface area contributed by atoms with Crippen LogP contribution in [0.1, 0.15) is 24.6 Å². The van der Waals surface area contributed by atoms with E-state index in [0.717, 1.165) is 0 Å². The highest BCUT2D eigenvalue weighted by Crippen LogP contribution is 2.22. The lowest BCUT2D eigenvalue weighted by Crippen LogP contribution is -2.15. The van der Waals surface area contributed by atoms with Crippen molar-refractivity contribution in [1.29, 1.82) is 0 Å². The zero-order valence-corrected chi connectivity index (χ0v) is 6.88. The van der Waals surface area contributed by atoms with Crippen molar-refractivity contribution in [1.82, 2.24) is 9.88 Å². The standard InChI is InChI=1S/C9H14N2/c1-11-7-3-5-9(11)8-4-2-6-10-8/h3,5,7-8,10H,2,4,6H2,1H3/t8-/m1/s1. The predicted molar refractivity (Wildman–Crippen MR) is 45.4 cm³/mol. The molecule has 1 saturated heterocycles. The van der Waals surface area contributed by atoms with Crippen LogP contribution in [0.3, 0.4) is 0 Å². The monoisotopic (exact) mass is 150 g/mol. The Morgan fingerprint density at radius 3 is 3.09 bits per heavy atom. The zero-order chi connectivity index (χ0) is 7.68. The van der Waals surface area contributed by atoms with E-state index >= 15 is 0 Å². The van der Waals surface area contributed by atoms with Gasteiger partial charge in [0.2, 0.25) is 0 Å². The fourth-order valence-electron chi connectivity index (χ4n) is 1.77. The summed E-state index contributed by atoms with van der Waals surface area (Å²) in [6, 6.07) is 4.91. The molecular formula is C9H14N2. The molecular weight excluding hydrogens is 136 g/mol. The molecule has 1 aliphatic rings. The minimum Gasteiger partial charge on any atom is -0.353 e. The van der Waals surface area contributed by atoms with Gasteiger partial charge in [-0.1, -0.05) is 0 Å². The lowest BCUT2D eigenvalue weighted by molar-refractivity contribution is 0.599. The molecule has 0 unspecified atom stereocenters. The molecule has 1 atom stereocenters. The molecule has 1 N–H and O–H groups in total. The molecule has 0 aliphatic carbocycles. The van der Waals surface area contributed by atoms with Gasteiger partial charge in [0.1, 0.15) is 0 Å². The second-order valence-corrected chi connectivity index (χ2v) is 3.19. The first-order chi connectivity index (χ1) is 5.38. The number of hydrogen-bond acceptors (Lipinski definition) is 1. The number of rotatable bonds is 1. The average molecular weight is 150 g/mol. The summed E-state index contributed by atoms with van der Waals surface area (Å²) in [7, 11) is 2.11. The first-order valence-electron chi connectivity index (χ1n) is 4.22. The minimum absolute atomic E-state index is 0.606. The summed E-state index contributed by atoms with van der Waals surface area (Å²) in [5.74, 6) is 0. The van der Waals surface area contributed by atoms with Gasteiger partial charge < -0.3 is 9.88 Å². The zero-order valence-electron chi connectivity index (χ0n) is 6.88. The molecule has 0 bridgehead atoms. The van der Waals surface area contributed by atoms with E-state index < -0.39 is 0 Å². The molecule has 2 rings (SSSR count). The molecule has 0 spiro atoms. The van der Waals surface area contributed by atoms with Crippen molar-refractivity contribution < 1.29 is 0 Å². The fourth-order valence-corrected chi connectivity index (χ4v) is 1.77. The van der Waals surface area contributed by atoms with Crippen LogP contribution in [-0.4, -0.2) is 11.1 Å². The van der Waals surface area contributed by atoms with Crippen LogP contribution < -0.4 is 5.32 Å². The van der Waals surface area contributed by atoms with E-state index in [1.165, 1.54) is 25.1 Å². The third kappa shape index (κ3) is 1.18. The lowest BCUT2D eigenvalue weighted by atomic mass is 10.2. The smallest absolute Gasteiger partial charge is 0.0475 e. The SMILES string of the molecule is Cn1cccc1[C@H]1CCCN1. The Hall–Kier alpha value is -0.760. The summed E-state index contributed by atoms with van der Waals surface area (Å²) in [6.07, 6.45) is 4.71. The number of aromatic nitrogens is 1. The van der Waals surface area contributed by atoms with Crippen LogP contribution in [0, 0.1) is 0 Å². The van der Waals surface area contributed by atoms with E-state index in [1.54, 1.807) is 0 Å². The summed E-state index contributed by atoms with van der Waals surface area (Å²) in [5.41, 5.74) is 1.42. The van der Waals surface area contributed by atoms with Gasteiger partial charge in [0.25, 0.3) is 0 Å². The molecule has 0 radical (unpaired) electrons. The topological polar surface area (TPSA) is 17.0 Å². The second kappa shape index (κ2) is 2.70. The summed E-state index contributed by atoms with van der Waals surface area (Å²) in [4.78, 5) is 0. The number of nitrogens with zero attached hydrogens (tertiary/aromatic N) is 1. The Morgan fingerprint density at radius 1 is 1.64 bits per heavy atom. The molecule has 1 aromatic heterocycles. The summed E-state index contributed by atoms with van der Waals surface area (Å²) >= 11 is 0. The molecule has 0 aromatic carbocycles. The van der Waals surface area contributed by atoms with E-state index in [0.29, 0.717) is 6.04 Å². The van der Waals surface area contributed by atoms with Crippen LogP contribution in [0.2, 0.25) is 0 Å². The second-order valence-electron chi connectivity index (χ2n) is 3.19. The summed E-state index contributed by atoms with van der Waals surface area (Å²) in [5, 5.41) is 3.48. The molecule has 0 amide bonds. The number of nitrogens with one attached hydrogen (secondary N) is 1. The van der Waals surface area contributed by atoms with Crippen molar-refractivity contribution >= 4 is 0 Å². The Bertz CT molecular complexity index is 233. The van der Waals surface area contributed by atoms with Gasteiger partial charge in [-0.05, 0) is 31.5 Å². The Morgan fingerprint density at radius 2 is 2.55 bits per heavy atom. The van der Waals surface area contributed by atoms with Gasteiger partial charge in [0.15, 0.2) is 0 Å². The maximum absolute atomic E-state index is 3.48. The van der Waals surface area contributed by atoms with Crippen molar-refractivity contribution in [3.05, 3.63) is 24.0 Å². The molecule has 60 valence electrons. The van der Waals surface area contributed by atoms with E-state index in [9.17, 15) is 0 Å². The van der Waals surface area contributed by atoms with Crippen LogP contribution in [-0.2, 0) is 7.05 Å². The van der Waals surface area contributed by atoms with E-state index in [4.69, 9.17) is 0 Å². The molecule has 1 fully saturated rings. The molecule has 0 saturated carbocycles. The van der Waals surface area contributed by atoms with Gasteiger partial charge in [0, 0.05) is 25.0 Å². The van der Waals surface area contributed by atoms with E-state index in [1.807, 2.05) is 0 Å². The maximum atomic E-state index is 3.48. The average Bonchev–Trinajstić information content (AvgIpc) is 2.55. The van der Waals surface area contributed by atoms with Gasteiger partial charge in [-0.2, -0.15) is 0 Å².